The highest BCUT2D eigenvalue weighted by molar-refractivity contribution is 6.06. The largest absolute Gasteiger partial charge is 0.507 e. The van der Waals surface area contributed by atoms with Crippen LogP contribution in [0.15, 0.2) is 71.3 Å². The zero-order valence-electron chi connectivity index (χ0n) is 25.2. The van der Waals surface area contributed by atoms with Crippen LogP contribution in [0.3, 0.4) is 0 Å². The summed E-state index contributed by atoms with van der Waals surface area (Å²) in [5.41, 5.74) is 5.28. The number of amides is 2. The summed E-state index contributed by atoms with van der Waals surface area (Å²) in [5.74, 6) is -0.760. The Kier molecular flexibility index (Phi) is 9.12. The fourth-order valence-corrected chi connectivity index (χ4v) is 7.92. The van der Waals surface area contributed by atoms with Gasteiger partial charge in [0.25, 0.3) is 0 Å². The Morgan fingerprint density at radius 1 is 0.977 bits per heavy atom. The second-order valence-electron chi connectivity index (χ2n) is 12.7. The van der Waals surface area contributed by atoms with Crippen LogP contribution >= 0.6 is 0 Å². The second-order valence-corrected chi connectivity index (χ2v) is 12.7. The number of para-hydroxylation sites is 1. The van der Waals surface area contributed by atoms with Crippen molar-refractivity contribution in [1.29, 1.82) is 0 Å². The molecule has 0 radical (unpaired) electrons. The molecule has 7 nitrogen and oxygen atoms in total. The minimum atomic E-state index is -0.398. The number of benzene rings is 2. The number of piperidine rings is 1. The van der Waals surface area contributed by atoms with Crippen LogP contribution in [-0.2, 0) is 20.9 Å². The summed E-state index contributed by atoms with van der Waals surface area (Å²) in [6, 6.07) is 17.7. The number of hydrogen-bond acceptors (Lipinski definition) is 6. The van der Waals surface area contributed by atoms with Gasteiger partial charge in [0.1, 0.15) is 5.75 Å². The van der Waals surface area contributed by atoms with Gasteiger partial charge >= 0.3 is 0 Å². The molecule has 0 unspecified atom stereocenters. The van der Waals surface area contributed by atoms with Gasteiger partial charge < -0.3 is 14.9 Å². The van der Waals surface area contributed by atoms with Crippen molar-refractivity contribution < 1.29 is 24.5 Å². The van der Waals surface area contributed by atoms with Gasteiger partial charge in [-0.25, -0.2) is 0 Å². The number of aliphatic hydroxyl groups is 1. The molecule has 3 saturated heterocycles. The average Bonchev–Trinajstić information content (AvgIpc) is 3.55. The first-order valence-corrected chi connectivity index (χ1v) is 16.0. The van der Waals surface area contributed by atoms with Crippen LogP contribution in [0.25, 0.3) is 6.08 Å². The first kappa shape index (κ1) is 29.8. The molecule has 0 bridgehead atoms. The Bertz CT molecular complexity index is 1380. The lowest BCUT2D eigenvalue weighted by Crippen LogP contribution is -2.47. The van der Waals surface area contributed by atoms with Gasteiger partial charge in [-0.3, -0.25) is 19.4 Å². The molecule has 4 atom stereocenters. The van der Waals surface area contributed by atoms with Crippen molar-refractivity contribution in [3.05, 3.63) is 82.4 Å². The molecule has 2 aromatic rings. The van der Waals surface area contributed by atoms with E-state index in [0.29, 0.717) is 13.0 Å². The molecule has 6 rings (SSSR count). The third-order valence-electron chi connectivity index (χ3n) is 10.00. The minimum absolute atomic E-state index is 0.0358. The fraction of sp³-hybridized carbons (Fsp3) is 0.500. The molecule has 0 spiro atoms. The maximum atomic E-state index is 14.0. The van der Waals surface area contributed by atoms with Crippen LogP contribution in [0, 0.1) is 17.8 Å². The maximum Gasteiger partial charge on any atom is 0.234 e. The molecule has 2 N–H and O–H groups in total. The fourth-order valence-electron chi connectivity index (χ4n) is 7.92. The lowest BCUT2D eigenvalue weighted by atomic mass is 9.69. The number of aliphatic hydroxyl groups excluding tert-OH is 1. The molecule has 3 fully saturated rings. The minimum Gasteiger partial charge on any atom is -0.507 e. The molecule has 228 valence electrons. The molecule has 4 aliphatic rings. The third-order valence-corrected chi connectivity index (χ3v) is 10.00. The van der Waals surface area contributed by atoms with Crippen molar-refractivity contribution in [3.63, 3.8) is 0 Å². The smallest absolute Gasteiger partial charge is 0.234 e. The first-order chi connectivity index (χ1) is 21.0. The Labute approximate surface area is 254 Å². The number of hydrogen-bond donors (Lipinski definition) is 2. The number of carbonyl (C=O) groups is 2. The summed E-state index contributed by atoms with van der Waals surface area (Å²) in [6.45, 7) is 5.07. The number of likely N-dealkylation sites (tertiary alicyclic amines) is 2. The van der Waals surface area contributed by atoms with Crippen molar-refractivity contribution in [1.82, 2.24) is 9.80 Å². The number of ether oxygens (including phenoxy) is 1. The van der Waals surface area contributed by atoms with Gasteiger partial charge in [-0.2, -0.15) is 0 Å². The standard InChI is InChI=1S/C36H44N2O5/c1-2-8-24(19-26-11-6-7-12-31(26)40)13-14-32-33-27(22-39)20-29-34(30(33)23-43-32)36(42)38(35(29)41)28-15-17-37(18-16-28)21-25-9-4-3-5-10-25/h3-7,9-12,19,28-30,32,34,39-40H,2,8,13-18,20-23H2,1H3/b24-19+/t29-,30+,32-,34-/m1/s1. The van der Waals surface area contributed by atoms with Gasteiger partial charge in [-0.1, -0.05) is 73.5 Å². The van der Waals surface area contributed by atoms with E-state index in [4.69, 9.17) is 4.74 Å². The molecule has 1 aliphatic carbocycles. The van der Waals surface area contributed by atoms with Crippen LogP contribution in [0.2, 0.25) is 0 Å². The summed E-state index contributed by atoms with van der Waals surface area (Å²) in [7, 11) is 0. The molecule has 0 aromatic heterocycles. The first-order valence-electron chi connectivity index (χ1n) is 16.0. The highest BCUT2D eigenvalue weighted by atomic mass is 16.5. The molecule has 3 heterocycles. The van der Waals surface area contributed by atoms with E-state index in [0.717, 1.165) is 74.9 Å². The zero-order valence-corrected chi connectivity index (χ0v) is 25.2. The normalized spacial score (nSPS) is 26.7. The topological polar surface area (TPSA) is 90.3 Å². The van der Waals surface area contributed by atoms with Crippen LogP contribution in [-0.4, -0.2) is 70.3 Å². The lowest BCUT2D eigenvalue weighted by Gasteiger charge is -2.36. The predicted molar refractivity (Wildman–Crippen MR) is 166 cm³/mol. The number of aromatic hydroxyl groups is 1. The number of fused-ring (bicyclic) bond motifs is 3. The van der Waals surface area contributed by atoms with Crippen LogP contribution in [0.5, 0.6) is 5.75 Å². The molecule has 0 saturated carbocycles. The quantitative estimate of drug-likeness (QED) is 0.290. The summed E-state index contributed by atoms with van der Waals surface area (Å²) in [4.78, 5) is 31.7. The number of allylic oxidation sites excluding steroid dienone is 1. The van der Waals surface area contributed by atoms with Gasteiger partial charge in [-0.05, 0) is 61.3 Å². The average molecular weight is 585 g/mol. The third kappa shape index (κ3) is 6.08. The molecule has 43 heavy (non-hydrogen) atoms. The van der Waals surface area contributed by atoms with Crippen LogP contribution in [0.1, 0.15) is 63.0 Å². The predicted octanol–water partition coefficient (Wildman–Crippen LogP) is 5.33. The zero-order chi connectivity index (χ0) is 29.9. The van der Waals surface area contributed by atoms with Gasteiger partial charge in [0.2, 0.25) is 11.8 Å². The molecular weight excluding hydrogens is 540 g/mol. The number of phenolic OH excluding ortho intramolecular Hbond substituents is 1. The van der Waals surface area contributed by atoms with Gasteiger partial charge in [-0.15, -0.1) is 0 Å². The summed E-state index contributed by atoms with van der Waals surface area (Å²) < 4.78 is 6.34. The number of nitrogens with zero attached hydrogens (tertiary/aromatic N) is 2. The van der Waals surface area contributed by atoms with E-state index in [9.17, 15) is 19.8 Å². The van der Waals surface area contributed by atoms with Gasteiger partial charge in [0, 0.05) is 37.2 Å². The van der Waals surface area contributed by atoms with Crippen molar-refractivity contribution >= 4 is 17.9 Å². The van der Waals surface area contributed by atoms with E-state index in [2.05, 4.69) is 42.2 Å². The van der Waals surface area contributed by atoms with Crippen LogP contribution < -0.4 is 0 Å². The summed E-state index contributed by atoms with van der Waals surface area (Å²) in [6.07, 6.45) is 7.41. The highest BCUT2D eigenvalue weighted by Gasteiger charge is 2.58. The summed E-state index contributed by atoms with van der Waals surface area (Å²) in [5, 5.41) is 20.7. The summed E-state index contributed by atoms with van der Waals surface area (Å²) >= 11 is 0. The van der Waals surface area contributed by atoms with Gasteiger partial charge in [0.15, 0.2) is 0 Å². The van der Waals surface area contributed by atoms with E-state index in [1.807, 2.05) is 24.3 Å². The monoisotopic (exact) mass is 584 g/mol. The van der Waals surface area contributed by atoms with E-state index in [1.165, 1.54) is 11.1 Å². The molecule has 2 aromatic carbocycles. The second kappa shape index (κ2) is 13.2. The molecule has 7 heteroatoms. The Balaban J connectivity index is 1.13. The Morgan fingerprint density at radius 3 is 2.44 bits per heavy atom. The molecule has 3 aliphatic heterocycles. The number of rotatable bonds is 10. The Morgan fingerprint density at radius 2 is 1.72 bits per heavy atom. The van der Waals surface area contributed by atoms with Crippen molar-refractivity contribution in [2.75, 3.05) is 26.3 Å². The van der Waals surface area contributed by atoms with Crippen molar-refractivity contribution in [3.8, 4) is 5.75 Å². The maximum absolute atomic E-state index is 14.0. The number of imide groups is 1. The lowest BCUT2D eigenvalue weighted by molar-refractivity contribution is -0.144. The van der Waals surface area contributed by atoms with Gasteiger partial charge in [0.05, 0.1) is 31.2 Å². The van der Waals surface area contributed by atoms with Crippen molar-refractivity contribution in [2.45, 2.75) is 70.6 Å². The van der Waals surface area contributed by atoms with E-state index in [-0.39, 0.29) is 42.2 Å². The van der Waals surface area contributed by atoms with Crippen molar-refractivity contribution in [2.24, 2.45) is 17.8 Å². The van der Waals surface area contributed by atoms with Crippen LogP contribution in [0.4, 0.5) is 0 Å². The highest BCUT2D eigenvalue weighted by Crippen LogP contribution is 2.50. The van der Waals surface area contributed by atoms with E-state index in [1.54, 1.807) is 11.0 Å². The van der Waals surface area contributed by atoms with E-state index < -0.39 is 11.8 Å². The number of carbonyl (C=O) groups excluding carboxylic acids is 2. The number of phenols is 1. The molecular formula is C36H44N2O5. The van der Waals surface area contributed by atoms with E-state index >= 15 is 0 Å². The SMILES string of the molecule is CCC/C(=C\c1ccccc1O)CC[C@H]1OC[C@H]2C1=C(CO)C[C@H]1C(=O)N(C3CCN(Cc4ccccc4)CC3)C(=O)[C@H]12. The molecule has 2 amide bonds. The Hall–Kier alpha value is -3.26.